The molecule has 2 aromatic rings. The Labute approximate surface area is 118 Å². The van der Waals surface area contributed by atoms with E-state index in [1.54, 1.807) is 18.0 Å². The first-order valence-electron chi connectivity index (χ1n) is 6.90. The first kappa shape index (κ1) is 13.0. The van der Waals surface area contributed by atoms with Gasteiger partial charge in [-0.25, -0.2) is 4.68 Å². The molecule has 1 unspecified atom stereocenters. The predicted octanol–water partition coefficient (Wildman–Crippen LogP) is 2.01. The Morgan fingerprint density at radius 1 is 1.30 bits per heavy atom. The quantitative estimate of drug-likeness (QED) is 0.905. The van der Waals surface area contributed by atoms with Gasteiger partial charge in [-0.3, -0.25) is 0 Å². The number of rotatable bonds is 5. The number of aromatic nitrogens is 2. The fourth-order valence-electron chi connectivity index (χ4n) is 2.35. The van der Waals surface area contributed by atoms with Crippen LogP contribution in [0.1, 0.15) is 12.8 Å². The minimum Gasteiger partial charge on any atom is -0.497 e. The minimum atomic E-state index is 0.472. The molecule has 1 aromatic heterocycles. The summed E-state index contributed by atoms with van der Waals surface area (Å²) in [5, 5.41) is 7.73. The van der Waals surface area contributed by atoms with Crippen molar-refractivity contribution in [2.75, 3.05) is 20.3 Å². The fraction of sp³-hybridized carbons (Fsp3) is 0.400. The third kappa shape index (κ3) is 2.93. The van der Waals surface area contributed by atoms with Crippen molar-refractivity contribution in [3.8, 4) is 17.2 Å². The van der Waals surface area contributed by atoms with Crippen LogP contribution in [0.25, 0.3) is 5.69 Å². The van der Waals surface area contributed by atoms with Crippen LogP contribution in [0.3, 0.4) is 0 Å². The Morgan fingerprint density at radius 2 is 2.15 bits per heavy atom. The van der Waals surface area contributed by atoms with Crippen molar-refractivity contribution in [3.63, 3.8) is 0 Å². The van der Waals surface area contributed by atoms with Crippen molar-refractivity contribution >= 4 is 0 Å². The Balaban J connectivity index is 1.62. The lowest BCUT2D eigenvalue weighted by atomic mass is 10.2. The number of hydrogen-bond donors (Lipinski definition) is 1. The molecule has 3 rings (SSSR count). The molecule has 0 bridgehead atoms. The predicted molar refractivity (Wildman–Crippen MR) is 76.6 cm³/mol. The van der Waals surface area contributed by atoms with Gasteiger partial charge in [0.05, 0.1) is 25.2 Å². The molecule has 1 atom stereocenters. The van der Waals surface area contributed by atoms with E-state index in [2.05, 4.69) is 10.4 Å². The topological polar surface area (TPSA) is 48.3 Å². The summed E-state index contributed by atoms with van der Waals surface area (Å²) in [5.41, 5.74) is 0.986. The van der Waals surface area contributed by atoms with Gasteiger partial charge in [0.2, 0.25) is 0 Å². The second kappa shape index (κ2) is 5.96. The summed E-state index contributed by atoms with van der Waals surface area (Å²) < 4.78 is 12.7. The minimum absolute atomic E-state index is 0.472. The maximum absolute atomic E-state index is 5.77. The molecular formula is C15H19N3O2. The van der Waals surface area contributed by atoms with Gasteiger partial charge in [0.15, 0.2) is 5.75 Å². The third-order valence-electron chi connectivity index (χ3n) is 3.51. The van der Waals surface area contributed by atoms with Crippen LogP contribution < -0.4 is 14.8 Å². The van der Waals surface area contributed by atoms with E-state index < -0.39 is 0 Å². The average molecular weight is 273 g/mol. The normalized spacial score (nSPS) is 18.1. The SMILES string of the molecule is COc1ccc(-n2cc(OCC3CCCN3)cn2)cc1. The van der Waals surface area contributed by atoms with Crippen molar-refractivity contribution in [1.82, 2.24) is 15.1 Å². The number of hydrogen-bond acceptors (Lipinski definition) is 4. The van der Waals surface area contributed by atoms with E-state index in [9.17, 15) is 0 Å². The van der Waals surface area contributed by atoms with E-state index in [1.807, 2.05) is 30.5 Å². The molecule has 1 aromatic carbocycles. The van der Waals surface area contributed by atoms with Crippen LogP contribution in [0.5, 0.6) is 11.5 Å². The highest BCUT2D eigenvalue weighted by atomic mass is 16.5. The number of methoxy groups -OCH3 is 1. The Morgan fingerprint density at radius 3 is 2.85 bits per heavy atom. The van der Waals surface area contributed by atoms with Crippen LogP contribution in [0.15, 0.2) is 36.7 Å². The molecule has 5 nitrogen and oxygen atoms in total. The van der Waals surface area contributed by atoms with Gasteiger partial charge in [0.25, 0.3) is 0 Å². The molecule has 0 radical (unpaired) electrons. The van der Waals surface area contributed by atoms with Gasteiger partial charge in [-0.2, -0.15) is 5.10 Å². The van der Waals surface area contributed by atoms with E-state index in [4.69, 9.17) is 9.47 Å². The maximum atomic E-state index is 5.77. The second-order valence-corrected chi connectivity index (χ2v) is 4.92. The number of ether oxygens (including phenoxy) is 2. The van der Waals surface area contributed by atoms with Crippen molar-refractivity contribution < 1.29 is 9.47 Å². The number of nitrogens with one attached hydrogen (secondary N) is 1. The summed E-state index contributed by atoms with van der Waals surface area (Å²) in [6.45, 7) is 1.80. The molecule has 1 aliphatic heterocycles. The zero-order valence-electron chi connectivity index (χ0n) is 11.6. The monoisotopic (exact) mass is 273 g/mol. The van der Waals surface area contributed by atoms with Gasteiger partial charge in [0.1, 0.15) is 12.4 Å². The molecule has 0 amide bonds. The van der Waals surface area contributed by atoms with E-state index in [0.29, 0.717) is 12.6 Å². The standard InChI is InChI=1S/C15H19N3O2/c1-19-14-6-4-13(5-7-14)18-10-15(9-17-18)20-11-12-3-2-8-16-12/h4-7,9-10,12,16H,2-3,8,11H2,1H3. The van der Waals surface area contributed by atoms with Gasteiger partial charge in [0, 0.05) is 6.04 Å². The average Bonchev–Trinajstić information content (AvgIpc) is 3.17. The molecular weight excluding hydrogens is 254 g/mol. The lowest BCUT2D eigenvalue weighted by Crippen LogP contribution is -2.28. The molecule has 0 spiro atoms. The Bertz CT molecular complexity index is 545. The van der Waals surface area contributed by atoms with Crippen LogP contribution in [0, 0.1) is 0 Å². The van der Waals surface area contributed by atoms with Crippen LogP contribution >= 0.6 is 0 Å². The second-order valence-electron chi connectivity index (χ2n) is 4.92. The first-order valence-corrected chi connectivity index (χ1v) is 6.90. The zero-order chi connectivity index (χ0) is 13.8. The maximum Gasteiger partial charge on any atom is 0.157 e. The van der Waals surface area contributed by atoms with Crippen LogP contribution in [0.4, 0.5) is 0 Å². The van der Waals surface area contributed by atoms with Crippen molar-refractivity contribution in [3.05, 3.63) is 36.7 Å². The summed E-state index contributed by atoms with van der Waals surface area (Å²) in [7, 11) is 1.66. The van der Waals surface area contributed by atoms with Crippen LogP contribution in [0.2, 0.25) is 0 Å². The Kier molecular flexibility index (Phi) is 3.87. The largest absolute Gasteiger partial charge is 0.497 e. The molecule has 2 heterocycles. The third-order valence-corrected chi connectivity index (χ3v) is 3.51. The van der Waals surface area contributed by atoms with Gasteiger partial charge in [-0.1, -0.05) is 0 Å². The Hall–Kier alpha value is -2.01. The lowest BCUT2D eigenvalue weighted by Gasteiger charge is -2.10. The molecule has 1 aliphatic rings. The lowest BCUT2D eigenvalue weighted by molar-refractivity contribution is 0.277. The molecule has 0 aliphatic carbocycles. The summed E-state index contributed by atoms with van der Waals surface area (Å²) in [5.74, 6) is 1.64. The molecule has 20 heavy (non-hydrogen) atoms. The summed E-state index contributed by atoms with van der Waals surface area (Å²) in [6, 6.07) is 8.24. The summed E-state index contributed by atoms with van der Waals surface area (Å²) in [6.07, 6.45) is 6.07. The molecule has 1 saturated heterocycles. The van der Waals surface area contributed by atoms with Gasteiger partial charge in [-0.15, -0.1) is 0 Å². The highest BCUT2D eigenvalue weighted by Gasteiger charge is 2.14. The summed E-state index contributed by atoms with van der Waals surface area (Å²) in [4.78, 5) is 0. The molecule has 0 saturated carbocycles. The van der Waals surface area contributed by atoms with Crippen molar-refractivity contribution in [2.45, 2.75) is 18.9 Å². The molecule has 5 heteroatoms. The molecule has 1 N–H and O–H groups in total. The van der Waals surface area contributed by atoms with Crippen molar-refractivity contribution in [1.29, 1.82) is 0 Å². The number of benzene rings is 1. The van der Waals surface area contributed by atoms with Crippen molar-refractivity contribution in [2.24, 2.45) is 0 Å². The van der Waals surface area contributed by atoms with Crippen LogP contribution in [-0.4, -0.2) is 36.1 Å². The van der Waals surface area contributed by atoms with E-state index >= 15 is 0 Å². The number of nitrogens with zero attached hydrogens (tertiary/aromatic N) is 2. The fourth-order valence-corrected chi connectivity index (χ4v) is 2.35. The van der Waals surface area contributed by atoms with Gasteiger partial charge < -0.3 is 14.8 Å². The van der Waals surface area contributed by atoms with Gasteiger partial charge >= 0.3 is 0 Å². The summed E-state index contributed by atoms with van der Waals surface area (Å²) >= 11 is 0. The first-order chi connectivity index (χ1) is 9.85. The van der Waals surface area contributed by atoms with Crippen LogP contribution in [-0.2, 0) is 0 Å². The van der Waals surface area contributed by atoms with E-state index in [0.717, 1.165) is 23.7 Å². The van der Waals surface area contributed by atoms with E-state index in [-0.39, 0.29) is 0 Å². The van der Waals surface area contributed by atoms with Gasteiger partial charge in [-0.05, 0) is 43.7 Å². The highest BCUT2D eigenvalue weighted by Crippen LogP contribution is 2.17. The molecule has 1 fully saturated rings. The molecule has 106 valence electrons. The van der Waals surface area contributed by atoms with E-state index in [1.165, 1.54) is 12.8 Å². The highest BCUT2D eigenvalue weighted by molar-refractivity contribution is 5.37. The smallest absolute Gasteiger partial charge is 0.157 e. The zero-order valence-corrected chi connectivity index (χ0v) is 11.6.